The van der Waals surface area contributed by atoms with E-state index in [2.05, 4.69) is 58.1 Å². The molecule has 0 saturated carbocycles. The Hall–Kier alpha value is -4.75. The van der Waals surface area contributed by atoms with E-state index >= 15 is 0 Å². The normalized spacial score (nSPS) is 13.1. The zero-order valence-corrected chi connectivity index (χ0v) is 20.3. The van der Waals surface area contributed by atoms with Gasteiger partial charge in [0, 0.05) is 25.0 Å². The summed E-state index contributed by atoms with van der Waals surface area (Å²) >= 11 is 0. The Morgan fingerprint density at radius 3 is 2.38 bits per heavy atom. The number of aromatic nitrogens is 2. The van der Waals surface area contributed by atoms with E-state index in [9.17, 15) is 4.79 Å². The SMILES string of the molecule is CC/C(=C(/c1ccc(/C=C/C(=O)O)cc1)c1ccc2c(c1)CNN2)c1ccc(Oc2ncccn2)cc1. The van der Waals surface area contributed by atoms with Crippen molar-refractivity contribution in [2.45, 2.75) is 19.9 Å². The number of benzene rings is 3. The molecule has 3 N–H and O–H groups in total. The molecule has 2 heterocycles. The molecule has 0 saturated heterocycles. The highest BCUT2D eigenvalue weighted by Gasteiger charge is 2.17. The second-order valence-electron chi connectivity index (χ2n) is 8.51. The number of ether oxygens (including phenoxy) is 1. The molecular weight excluding hydrogens is 464 g/mol. The van der Waals surface area contributed by atoms with Crippen LogP contribution in [0.2, 0.25) is 0 Å². The molecule has 0 bridgehead atoms. The minimum atomic E-state index is -0.968. The van der Waals surface area contributed by atoms with Crippen LogP contribution in [0.4, 0.5) is 5.69 Å². The summed E-state index contributed by atoms with van der Waals surface area (Å²) in [5.74, 6) is -0.305. The second-order valence-corrected chi connectivity index (χ2v) is 8.51. The van der Waals surface area contributed by atoms with Crippen molar-refractivity contribution in [3.8, 4) is 11.8 Å². The number of rotatable bonds is 8. The Bertz CT molecular complexity index is 1460. The molecule has 5 rings (SSSR count). The third kappa shape index (κ3) is 5.58. The van der Waals surface area contributed by atoms with Crippen molar-refractivity contribution in [1.82, 2.24) is 15.4 Å². The van der Waals surface area contributed by atoms with E-state index in [1.54, 1.807) is 24.5 Å². The Morgan fingerprint density at radius 2 is 1.68 bits per heavy atom. The van der Waals surface area contributed by atoms with Crippen LogP contribution >= 0.6 is 0 Å². The van der Waals surface area contributed by atoms with Gasteiger partial charge in [-0.05, 0) is 81.8 Å². The maximum absolute atomic E-state index is 10.9. The van der Waals surface area contributed by atoms with Crippen molar-refractivity contribution in [3.63, 3.8) is 0 Å². The number of aliphatic carboxylic acids is 1. The van der Waals surface area contributed by atoms with Crippen molar-refractivity contribution in [2.24, 2.45) is 0 Å². The van der Waals surface area contributed by atoms with Gasteiger partial charge in [-0.2, -0.15) is 0 Å². The molecule has 1 aromatic heterocycles. The average Bonchev–Trinajstić information content (AvgIpc) is 3.40. The predicted octanol–water partition coefficient (Wildman–Crippen LogP) is 6.17. The van der Waals surface area contributed by atoms with Gasteiger partial charge in [0.2, 0.25) is 0 Å². The van der Waals surface area contributed by atoms with E-state index in [1.807, 2.05) is 36.4 Å². The molecule has 0 spiro atoms. The maximum atomic E-state index is 10.9. The summed E-state index contributed by atoms with van der Waals surface area (Å²) in [6.45, 7) is 2.91. The number of nitrogens with one attached hydrogen (secondary N) is 2. The predicted molar refractivity (Wildman–Crippen MR) is 145 cm³/mol. The molecule has 7 nitrogen and oxygen atoms in total. The van der Waals surface area contributed by atoms with Gasteiger partial charge in [-0.1, -0.05) is 49.4 Å². The van der Waals surface area contributed by atoms with E-state index in [-0.39, 0.29) is 0 Å². The molecule has 4 aromatic rings. The lowest BCUT2D eigenvalue weighted by molar-refractivity contribution is -0.131. The van der Waals surface area contributed by atoms with Gasteiger partial charge in [-0.3, -0.25) is 0 Å². The highest BCUT2D eigenvalue weighted by Crippen LogP contribution is 2.37. The summed E-state index contributed by atoms with van der Waals surface area (Å²) in [6, 6.07) is 24.4. The fraction of sp³-hybridized carbons (Fsp3) is 0.100. The number of allylic oxidation sites excluding steroid dienone is 1. The number of nitrogens with zero attached hydrogens (tertiary/aromatic N) is 2. The van der Waals surface area contributed by atoms with Crippen molar-refractivity contribution in [2.75, 3.05) is 5.43 Å². The van der Waals surface area contributed by atoms with E-state index in [0.717, 1.165) is 52.6 Å². The van der Waals surface area contributed by atoms with Crippen LogP contribution in [0.5, 0.6) is 11.8 Å². The first-order chi connectivity index (χ1) is 18.1. The first-order valence-electron chi connectivity index (χ1n) is 12.0. The molecule has 0 amide bonds. The van der Waals surface area contributed by atoms with E-state index in [4.69, 9.17) is 9.84 Å². The standard InChI is InChI=1S/C30H26N4O3/c1-2-26(21-9-12-25(13-10-21)37-30-31-16-3-17-32-30)29(23-11-14-27-24(18-23)19-33-34-27)22-7-4-20(5-8-22)6-15-28(35)36/h3-18,33-34H,2,19H2,1H3,(H,35,36)/b15-6+,29-26+. The number of carboxylic acid groups (broad SMARTS) is 1. The highest BCUT2D eigenvalue weighted by molar-refractivity contribution is 5.99. The third-order valence-electron chi connectivity index (χ3n) is 6.12. The number of carboxylic acids is 1. The number of fused-ring (bicyclic) bond motifs is 1. The number of hydrazine groups is 1. The quantitative estimate of drug-likeness (QED) is 0.201. The molecule has 0 fully saturated rings. The van der Waals surface area contributed by atoms with Crippen molar-refractivity contribution >= 4 is 28.9 Å². The zero-order valence-electron chi connectivity index (χ0n) is 20.3. The van der Waals surface area contributed by atoms with Crippen LogP contribution in [0.3, 0.4) is 0 Å². The summed E-state index contributed by atoms with van der Waals surface area (Å²) in [6.07, 6.45) is 6.84. The Labute approximate surface area is 215 Å². The molecule has 3 aromatic carbocycles. The molecule has 0 atom stereocenters. The molecule has 7 heteroatoms. The number of hydrogen-bond donors (Lipinski definition) is 3. The zero-order chi connectivity index (χ0) is 25.6. The van der Waals surface area contributed by atoms with Crippen LogP contribution in [0, 0.1) is 0 Å². The van der Waals surface area contributed by atoms with Crippen molar-refractivity contribution in [1.29, 1.82) is 0 Å². The summed E-state index contributed by atoms with van der Waals surface area (Å²) in [4.78, 5) is 19.2. The lowest BCUT2D eigenvalue weighted by Crippen LogP contribution is -2.10. The molecule has 1 aliphatic heterocycles. The molecular formula is C30H26N4O3. The number of carbonyl (C=O) groups is 1. The Balaban J connectivity index is 1.56. The van der Waals surface area contributed by atoms with Crippen LogP contribution in [-0.2, 0) is 11.3 Å². The van der Waals surface area contributed by atoms with E-state index in [0.29, 0.717) is 11.8 Å². The smallest absolute Gasteiger partial charge is 0.328 e. The van der Waals surface area contributed by atoms with Gasteiger partial charge in [-0.25, -0.2) is 20.2 Å². The van der Waals surface area contributed by atoms with E-state index in [1.165, 1.54) is 11.1 Å². The Kier molecular flexibility index (Phi) is 7.05. The molecule has 0 unspecified atom stereocenters. The van der Waals surface area contributed by atoms with Gasteiger partial charge in [0.05, 0.1) is 5.69 Å². The van der Waals surface area contributed by atoms with Crippen LogP contribution in [0.25, 0.3) is 17.2 Å². The summed E-state index contributed by atoms with van der Waals surface area (Å²) < 4.78 is 5.78. The molecule has 37 heavy (non-hydrogen) atoms. The van der Waals surface area contributed by atoms with Gasteiger partial charge in [0.25, 0.3) is 0 Å². The first-order valence-corrected chi connectivity index (χ1v) is 12.0. The highest BCUT2D eigenvalue weighted by atomic mass is 16.5. The number of hydrogen-bond acceptors (Lipinski definition) is 6. The van der Waals surface area contributed by atoms with Crippen LogP contribution in [0.15, 0.2) is 91.3 Å². The summed E-state index contributed by atoms with van der Waals surface area (Å²) in [5, 5.41) is 8.96. The van der Waals surface area contributed by atoms with Crippen LogP contribution in [-0.4, -0.2) is 21.0 Å². The van der Waals surface area contributed by atoms with Crippen LogP contribution in [0.1, 0.15) is 41.2 Å². The maximum Gasteiger partial charge on any atom is 0.328 e. The minimum Gasteiger partial charge on any atom is -0.478 e. The van der Waals surface area contributed by atoms with Crippen LogP contribution < -0.4 is 15.6 Å². The molecule has 0 aliphatic carbocycles. The lowest BCUT2D eigenvalue weighted by atomic mass is 9.87. The largest absolute Gasteiger partial charge is 0.478 e. The first kappa shape index (κ1) is 24.0. The number of anilines is 1. The molecule has 184 valence electrons. The average molecular weight is 491 g/mol. The molecule has 1 aliphatic rings. The van der Waals surface area contributed by atoms with Gasteiger partial charge in [0.15, 0.2) is 0 Å². The monoisotopic (exact) mass is 490 g/mol. The summed E-state index contributed by atoms with van der Waals surface area (Å²) in [7, 11) is 0. The Morgan fingerprint density at radius 1 is 0.973 bits per heavy atom. The topological polar surface area (TPSA) is 96.4 Å². The molecule has 0 radical (unpaired) electrons. The van der Waals surface area contributed by atoms with Crippen molar-refractivity contribution < 1.29 is 14.6 Å². The fourth-order valence-corrected chi connectivity index (χ4v) is 4.39. The minimum absolute atomic E-state index is 0.305. The fourth-order valence-electron chi connectivity index (χ4n) is 4.39. The third-order valence-corrected chi connectivity index (χ3v) is 6.12. The second kappa shape index (κ2) is 10.9. The van der Waals surface area contributed by atoms with Gasteiger partial charge in [0.1, 0.15) is 5.75 Å². The van der Waals surface area contributed by atoms with Gasteiger partial charge < -0.3 is 15.3 Å². The van der Waals surface area contributed by atoms with Gasteiger partial charge in [-0.15, -0.1) is 0 Å². The lowest BCUT2D eigenvalue weighted by Gasteiger charge is -2.17. The van der Waals surface area contributed by atoms with E-state index < -0.39 is 5.97 Å². The van der Waals surface area contributed by atoms with Crippen molar-refractivity contribution in [3.05, 3.63) is 119 Å². The van der Waals surface area contributed by atoms with Gasteiger partial charge >= 0.3 is 12.0 Å². The summed E-state index contributed by atoms with van der Waals surface area (Å²) in [5.41, 5.74) is 15.1.